The Labute approximate surface area is 134 Å². The SMILES string of the molecule is CC(=O)C[C@@H](c1ccccc1)C1C(=O)Oc2ccccc2C1O. The van der Waals surface area contributed by atoms with Gasteiger partial charge in [0.15, 0.2) is 0 Å². The zero-order chi connectivity index (χ0) is 16.4. The molecule has 118 valence electrons. The van der Waals surface area contributed by atoms with Crippen LogP contribution in [0.2, 0.25) is 0 Å². The average Bonchev–Trinajstić information content (AvgIpc) is 2.54. The molecule has 1 heterocycles. The number of carbonyl (C=O) groups is 2. The Morgan fingerprint density at radius 3 is 2.48 bits per heavy atom. The predicted octanol–water partition coefficient (Wildman–Crippen LogP) is 3.02. The van der Waals surface area contributed by atoms with Crippen LogP contribution in [0.5, 0.6) is 5.75 Å². The Balaban J connectivity index is 2.02. The number of ether oxygens (including phenoxy) is 1. The van der Waals surface area contributed by atoms with E-state index in [0.29, 0.717) is 11.3 Å². The van der Waals surface area contributed by atoms with E-state index < -0.39 is 23.9 Å². The molecular formula is C19H18O4. The monoisotopic (exact) mass is 310 g/mol. The molecule has 0 fully saturated rings. The van der Waals surface area contributed by atoms with Crippen molar-refractivity contribution >= 4 is 11.8 Å². The van der Waals surface area contributed by atoms with E-state index in [9.17, 15) is 14.7 Å². The molecule has 0 aromatic heterocycles. The number of fused-ring (bicyclic) bond motifs is 1. The molecule has 1 N–H and O–H groups in total. The standard InChI is InChI=1S/C19H18O4/c1-12(20)11-15(13-7-3-2-4-8-13)17-18(21)14-9-5-6-10-16(14)23-19(17)22/h2-10,15,17-18,21H,11H2,1H3/t15-,17?,18?/m0/s1. The third kappa shape index (κ3) is 3.03. The summed E-state index contributed by atoms with van der Waals surface area (Å²) in [6.07, 6.45) is -0.805. The van der Waals surface area contributed by atoms with E-state index in [1.54, 1.807) is 24.3 Å². The zero-order valence-electron chi connectivity index (χ0n) is 12.8. The average molecular weight is 310 g/mol. The predicted molar refractivity (Wildman–Crippen MR) is 85.0 cm³/mol. The van der Waals surface area contributed by atoms with E-state index in [1.165, 1.54) is 6.92 Å². The molecule has 1 aliphatic rings. The first-order chi connectivity index (χ1) is 11.1. The van der Waals surface area contributed by atoms with Crippen LogP contribution in [-0.4, -0.2) is 16.9 Å². The maximum atomic E-state index is 12.5. The maximum absolute atomic E-state index is 12.5. The van der Waals surface area contributed by atoms with E-state index in [-0.39, 0.29) is 12.2 Å². The summed E-state index contributed by atoms with van der Waals surface area (Å²) in [7, 11) is 0. The van der Waals surface area contributed by atoms with Gasteiger partial charge in [0.05, 0.1) is 12.0 Å². The summed E-state index contributed by atoms with van der Waals surface area (Å²) in [4.78, 5) is 24.2. The van der Waals surface area contributed by atoms with Crippen LogP contribution in [0.3, 0.4) is 0 Å². The first kappa shape index (κ1) is 15.4. The lowest BCUT2D eigenvalue weighted by molar-refractivity contribution is -0.147. The molecule has 3 atom stereocenters. The molecule has 2 unspecified atom stereocenters. The van der Waals surface area contributed by atoms with Gasteiger partial charge in [-0.1, -0.05) is 48.5 Å². The van der Waals surface area contributed by atoms with Crippen molar-refractivity contribution in [3.05, 3.63) is 65.7 Å². The van der Waals surface area contributed by atoms with Crippen molar-refractivity contribution in [1.82, 2.24) is 0 Å². The highest BCUT2D eigenvalue weighted by atomic mass is 16.5. The van der Waals surface area contributed by atoms with Gasteiger partial charge in [0.25, 0.3) is 0 Å². The minimum atomic E-state index is -0.989. The second-order valence-electron chi connectivity index (χ2n) is 5.85. The number of aliphatic hydroxyl groups is 1. The Morgan fingerprint density at radius 1 is 1.13 bits per heavy atom. The summed E-state index contributed by atoms with van der Waals surface area (Å²) in [6.45, 7) is 1.49. The molecule has 2 aromatic rings. The second-order valence-corrected chi connectivity index (χ2v) is 5.85. The molecule has 4 heteroatoms. The van der Waals surface area contributed by atoms with E-state index in [0.717, 1.165) is 5.56 Å². The molecule has 23 heavy (non-hydrogen) atoms. The number of carbonyl (C=O) groups excluding carboxylic acids is 2. The smallest absolute Gasteiger partial charge is 0.317 e. The van der Waals surface area contributed by atoms with Gasteiger partial charge in [-0.3, -0.25) is 4.79 Å². The Hall–Kier alpha value is -2.46. The largest absolute Gasteiger partial charge is 0.426 e. The molecule has 0 spiro atoms. The molecule has 1 aliphatic heterocycles. The quantitative estimate of drug-likeness (QED) is 0.696. The molecule has 0 amide bonds. The van der Waals surface area contributed by atoms with Gasteiger partial charge in [0.1, 0.15) is 11.5 Å². The van der Waals surface area contributed by atoms with Gasteiger partial charge < -0.3 is 14.6 Å². The molecule has 2 aromatic carbocycles. The van der Waals surface area contributed by atoms with E-state index in [4.69, 9.17) is 4.74 Å². The van der Waals surface area contributed by atoms with Crippen molar-refractivity contribution in [3.63, 3.8) is 0 Å². The number of benzene rings is 2. The van der Waals surface area contributed by atoms with Crippen molar-refractivity contribution in [2.45, 2.75) is 25.4 Å². The van der Waals surface area contributed by atoms with Crippen molar-refractivity contribution in [2.24, 2.45) is 5.92 Å². The van der Waals surface area contributed by atoms with E-state index in [1.807, 2.05) is 30.3 Å². The van der Waals surface area contributed by atoms with Crippen LogP contribution in [-0.2, 0) is 9.59 Å². The normalized spacial score (nSPS) is 21.2. The molecule has 0 saturated heterocycles. The third-order valence-corrected chi connectivity index (χ3v) is 4.23. The summed E-state index contributed by atoms with van der Waals surface area (Å²) >= 11 is 0. The van der Waals surface area contributed by atoms with Gasteiger partial charge in [0.2, 0.25) is 0 Å². The minimum Gasteiger partial charge on any atom is -0.426 e. The number of ketones is 1. The third-order valence-electron chi connectivity index (χ3n) is 4.23. The van der Waals surface area contributed by atoms with Crippen molar-refractivity contribution < 1.29 is 19.4 Å². The van der Waals surface area contributed by atoms with Crippen LogP contribution in [0.25, 0.3) is 0 Å². The fourth-order valence-electron chi connectivity index (χ4n) is 3.16. The number of para-hydroxylation sites is 1. The van der Waals surface area contributed by atoms with Crippen LogP contribution in [0.15, 0.2) is 54.6 Å². The van der Waals surface area contributed by atoms with Crippen LogP contribution in [0.4, 0.5) is 0 Å². The fraction of sp³-hybridized carbons (Fsp3) is 0.263. The highest BCUT2D eigenvalue weighted by Crippen LogP contribution is 2.43. The molecule has 0 radical (unpaired) electrons. The lowest BCUT2D eigenvalue weighted by atomic mass is 9.76. The minimum absolute atomic E-state index is 0.0299. The Morgan fingerprint density at radius 2 is 1.78 bits per heavy atom. The van der Waals surface area contributed by atoms with Gasteiger partial charge in [-0.05, 0) is 18.6 Å². The van der Waals surface area contributed by atoms with Gasteiger partial charge in [-0.2, -0.15) is 0 Å². The maximum Gasteiger partial charge on any atom is 0.317 e. The number of Topliss-reactive ketones (excluding diaryl/α,β-unsaturated/α-hetero) is 1. The highest BCUT2D eigenvalue weighted by Gasteiger charge is 2.42. The van der Waals surface area contributed by atoms with E-state index in [2.05, 4.69) is 0 Å². The zero-order valence-corrected chi connectivity index (χ0v) is 12.8. The second kappa shape index (κ2) is 6.34. The van der Waals surface area contributed by atoms with Gasteiger partial charge in [-0.25, -0.2) is 0 Å². The summed E-state index contributed by atoms with van der Waals surface area (Å²) in [6, 6.07) is 16.3. The topological polar surface area (TPSA) is 63.6 Å². The van der Waals surface area contributed by atoms with Crippen molar-refractivity contribution in [3.8, 4) is 5.75 Å². The van der Waals surface area contributed by atoms with E-state index >= 15 is 0 Å². The highest BCUT2D eigenvalue weighted by molar-refractivity contribution is 5.82. The Bertz CT molecular complexity index is 723. The van der Waals surface area contributed by atoms with Gasteiger partial charge in [0, 0.05) is 17.9 Å². The number of esters is 1. The summed E-state index contributed by atoms with van der Waals surface area (Å²) in [5.74, 6) is -1.35. The van der Waals surface area contributed by atoms with Crippen LogP contribution >= 0.6 is 0 Å². The van der Waals surface area contributed by atoms with Crippen LogP contribution < -0.4 is 4.74 Å². The van der Waals surface area contributed by atoms with Crippen LogP contribution in [0.1, 0.15) is 36.5 Å². The lowest BCUT2D eigenvalue weighted by Crippen LogP contribution is -2.36. The first-order valence-corrected chi connectivity index (χ1v) is 7.61. The first-order valence-electron chi connectivity index (χ1n) is 7.61. The molecular weight excluding hydrogens is 292 g/mol. The van der Waals surface area contributed by atoms with Crippen molar-refractivity contribution in [2.75, 3.05) is 0 Å². The van der Waals surface area contributed by atoms with Crippen LogP contribution in [0, 0.1) is 5.92 Å². The fourth-order valence-corrected chi connectivity index (χ4v) is 3.16. The summed E-state index contributed by atoms with van der Waals surface area (Å²) < 4.78 is 5.39. The van der Waals surface area contributed by atoms with Gasteiger partial charge in [-0.15, -0.1) is 0 Å². The molecule has 3 rings (SSSR count). The molecule has 0 bridgehead atoms. The summed E-state index contributed by atoms with van der Waals surface area (Å²) in [5, 5.41) is 10.7. The molecule has 0 saturated carbocycles. The lowest BCUT2D eigenvalue weighted by Gasteiger charge is -2.33. The molecule has 0 aliphatic carbocycles. The summed E-state index contributed by atoms with van der Waals surface area (Å²) in [5.41, 5.74) is 1.43. The number of hydrogen-bond donors (Lipinski definition) is 1. The number of hydrogen-bond acceptors (Lipinski definition) is 4. The van der Waals surface area contributed by atoms with Gasteiger partial charge >= 0.3 is 5.97 Å². The number of rotatable bonds is 4. The molecule has 4 nitrogen and oxygen atoms in total. The number of aliphatic hydroxyl groups excluding tert-OH is 1. The van der Waals surface area contributed by atoms with Crippen molar-refractivity contribution in [1.29, 1.82) is 0 Å². The Kier molecular flexibility index (Phi) is 4.26.